The van der Waals surface area contributed by atoms with Gasteiger partial charge in [-0.2, -0.15) is 0 Å². The van der Waals surface area contributed by atoms with E-state index in [-0.39, 0.29) is 5.91 Å². The Morgan fingerprint density at radius 3 is 2.56 bits per heavy atom. The normalized spacial score (nSPS) is 10.7. The highest BCUT2D eigenvalue weighted by Gasteiger charge is 2.15. The van der Waals surface area contributed by atoms with Gasteiger partial charge in [-0.25, -0.2) is 9.97 Å². The maximum absolute atomic E-state index is 12.8. The lowest BCUT2D eigenvalue weighted by molar-refractivity contribution is 0.102. The summed E-state index contributed by atoms with van der Waals surface area (Å²) < 4.78 is 0. The molecule has 3 aromatic rings. The third-order valence-electron chi connectivity index (χ3n) is 4.33. The largest absolute Gasteiger partial charge is 0.324 e. The molecule has 0 aliphatic carbocycles. The van der Waals surface area contributed by atoms with Crippen LogP contribution in [0, 0.1) is 13.8 Å². The maximum atomic E-state index is 12.8. The highest BCUT2D eigenvalue weighted by Crippen LogP contribution is 2.27. The van der Waals surface area contributed by atoms with Gasteiger partial charge in [0.25, 0.3) is 5.91 Å². The third-order valence-corrected chi connectivity index (χ3v) is 4.33. The van der Waals surface area contributed by atoms with E-state index in [9.17, 15) is 4.79 Å². The Hall–Kier alpha value is -3.21. The van der Waals surface area contributed by atoms with Crippen LogP contribution in [0.4, 0.5) is 17.3 Å². The van der Waals surface area contributed by atoms with Crippen molar-refractivity contribution in [2.45, 2.75) is 33.6 Å². The van der Waals surface area contributed by atoms with Gasteiger partial charge in [-0.05, 0) is 54.7 Å². The number of carbonyl (C=O) groups excluding carboxylic acids is 1. The number of hydrogen-bond donors (Lipinski definition) is 2. The Kier molecular flexibility index (Phi) is 5.50. The molecule has 138 valence electrons. The molecule has 5 heteroatoms. The number of aromatic nitrogens is 2. The van der Waals surface area contributed by atoms with Crippen LogP contribution in [0.25, 0.3) is 0 Å². The van der Waals surface area contributed by atoms with Crippen molar-refractivity contribution < 1.29 is 4.79 Å². The van der Waals surface area contributed by atoms with Gasteiger partial charge in [0.05, 0.1) is 0 Å². The average molecular weight is 360 g/mol. The maximum Gasteiger partial charge on any atom is 0.274 e. The predicted molar refractivity (Wildman–Crippen MR) is 110 cm³/mol. The van der Waals surface area contributed by atoms with Crippen molar-refractivity contribution >= 4 is 23.2 Å². The molecule has 0 fully saturated rings. The van der Waals surface area contributed by atoms with Crippen LogP contribution in [-0.2, 0) is 0 Å². The lowest BCUT2D eigenvalue weighted by atomic mass is 9.98. The molecule has 1 aromatic heterocycles. The van der Waals surface area contributed by atoms with Crippen LogP contribution in [0.5, 0.6) is 0 Å². The Morgan fingerprint density at radius 2 is 1.81 bits per heavy atom. The van der Waals surface area contributed by atoms with Crippen LogP contribution in [0.1, 0.15) is 46.9 Å². The highest BCUT2D eigenvalue weighted by atomic mass is 16.1. The molecule has 2 N–H and O–H groups in total. The van der Waals surface area contributed by atoms with Crippen LogP contribution in [0.2, 0.25) is 0 Å². The molecule has 0 aliphatic rings. The van der Waals surface area contributed by atoms with Crippen LogP contribution in [-0.4, -0.2) is 15.9 Å². The van der Waals surface area contributed by atoms with E-state index >= 15 is 0 Å². The Balaban J connectivity index is 1.82. The molecule has 0 unspecified atom stereocenters. The van der Waals surface area contributed by atoms with Crippen molar-refractivity contribution in [3.05, 3.63) is 77.1 Å². The summed E-state index contributed by atoms with van der Waals surface area (Å²) in [7, 11) is 0. The Bertz CT molecular complexity index is 966. The fourth-order valence-corrected chi connectivity index (χ4v) is 2.92. The summed E-state index contributed by atoms with van der Waals surface area (Å²) in [5.41, 5.74) is 5.32. The first-order valence-electron chi connectivity index (χ1n) is 9.01. The number of hydrogen-bond acceptors (Lipinski definition) is 4. The minimum absolute atomic E-state index is 0.249. The fourth-order valence-electron chi connectivity index (χ4n) is 2.92. The van der Waals surface area contributed by atoms with Gasteiger partial charge in [0.2, 0.25) is 5.95 Å². The summed E-state index contributed by atoms with van der Waals surface area (Å²) >= 11 is 0. The number of para-hydroxylation sites is 1. The van der Waals surface area contributed by atoms with E-state index < -0.39 is 0 Å². The average Bonchev–Trinajstić information content (AvgIpc) is 2.63. The molecule has 2 aromatic carbocycles. The second kappa shape index (κ2) is 7.99. The quantitative estimate of drug-likeness (QED) is 0.655. The lowest BCUT2D eigenvalue weighted by Crippen LogP contribution is -2.17. The van der Waals surface area contributed by atoms with E-state index in [1.54, 1.807) is 12.3 Å². The van der Waals surface area contributed by atoms with Gasteiger partial charge in [0.1, 0.15) is 5.69 Å². The molecule has 0 saturated heterocycles. The first-order valence-corrected chi connectivity index (χ1v) is 9.01. The van der Waals surface area contributed by atoms with Gasteiger partial charge in [0.15, 0.2) is 0 Å². The molecular weight excluding hydrogens is 336 g/mol. The summed E-state index contributed by atoms with van der Waals surface area (Å²) in [6.07, 6.45) is 1.58. The summed E-state index contributed by atoms with van der Waals surface area (Å²) in [5, 5.41) is 6.16. The van der Waals surface area contributed by atoms with Gasteiger partial charge < -0.3 is 10.6 Å². The zero-order chi connectivity index (χ0) is 19.4. The molecule has 27 heavy (non-hydrogen) atoms. The second-order valence-electron chi connectivity index (χ2n) is 6.91. The second-order valence-corrected chi connectivity index (χ2v) is 6.91. The van der Waals surface area contributed by atoms with Gasteiger partial charge in [0, 0.05) is 17.6 Å². The molecule has 1 amide bonds. The minimum atomic E-state index is -0.249. The van der Waals surface area contributed by atoms with E-state index in [4.69, 9.17) is 0 Å². The van der Waals surface area contributed by atoms with Crippen molar-refractivity contribution in [1.82, 2.24) is 9.97 Å². The predicted octanol–water partition coefficient (Wildman–Crippen LogP) is 5.21. The minimum Gasteiger partial charge on any atom is -0.324 e. The van der Waals surface area contributed by atoms with E-state index in [0.29, 0.717) is 17.6 Å². The third kappa shape index (κ3) is 4.50. The number of benzene rings is 2. The summed E-state index contributed by atoms with van der Waals surface area (Å²) in [6.45, 7) is 8.23. The molecular formula is C22H24N4O. The van der Waals surface area contributed by atoms with E-state index in [2.05, 4.69) is 34.4 Å². The summed E-state index contributed by atoms with van der Waals surface area (Å²) in [6, 6.07) is 15.6. The number of amides is 1. The zero-order valence-electron chi connectivity index (χ0n) is 16.1. The van der Waals surface area contributed by atoms with Gasteiger partial charge in [-0.3, -0.25) is 4.79 Å². The standard InChI is InChI=1S/C22H24N4O/c1-14(2)18-10-6-8-16(4)20(18)26-21(27)19-11-12-23-22(25-19)24-17-9-5-7-15(3)13-17/h5-14H,1-4H3,(H,26,27)(H,23,24,25). The van der Waals surface area contributed by atoms with Crippen molar-refractivity contribution in [3.8, 4) is 0 Å². The van der Waals surface area contributed by atoms with Crippen molar-refractivity contribution in [2.24, 2.45) is 0 Å². The number of carbonyl (C=O) groups is 1. The number of rotatable bonds is 5. The number of nitrogens with one attached hydrogen (secondary N) is 2. The highest BCUT2D eigenvalue weighted by molar-refractivity contribution is 6.04. The van der Waals surface area contributed by atoms with E-state index in [0.717, 1.165) is 28.1 Å². The smallest absolute Gasteiger partial charge is 0.274 e. The number of anilines is 3. The lowest BCUT2D eigenvalue weighted by Gasteiger charge is -2.16. The van der Waals surface area contributed by atoms with Crippen LogP contribution in [0.3, 0.4) is 0 Å². The van der Waals surface area contributed by atoms with E-state index in [1.807, 2.05) is 56.3 Å². The number of nitrogens with zero attached hydrogens (tertiary/aromatic N) is 2. The molecule has 0 spiro atoms. The van der Waals surface area contributed by atoms with Crippen LogP contribution < -0.4 is 10.6 Å². The van der Waals surface area contributed by atoms with Crippen LogP contribution >= 0.6 is 0 Å². The topological polar surface area (TPSA) is 66.9 Å². The molecule has 3 rings (SSSR count). The molecule has 0 saturated carbocycles. The first-order chi connectivity index (χ1) is 12.9. The number of aryl methyl sites for hydroxylation is 2. The van der Waals surface area contributed by atoms with Crippen molar-refractivity contribution in [1.29, 1.82) is 0 Å². The first kappa shape index (κ1) is 18.6. The van der Waals surface area contributed by atoms with Crippen molar-refractivity contribution in [2.75, 3.05) is 10.6 Å². The van der Waals surface area contributed by atoms with Gasteiger partial charge >= 0.3 is 0 Å². The molecule has 0 atom stereocenters. The Labute approximate surface area is 159 Å². The van der Waals surface area contributed by atoms with Gasteiger partial charge in [-0.15, -0.1) is 0 Å². The summed E-state index contributed by atoms with van der Waals surface area (Å²) in [4.78, 5) is 21.3. The molecule has 1 heterocycles. The fraction of sp³-hybridized carbons (Fsp3) is 0.227. The monoisotopic (exact) mass is 360 g/mol. The van der Waals surface area contributed by atoms with Crippen molar-refractivity contribution in [3.63, 3.8) is 0 Å². The Morgan fingerprint density at radius 1 is 1.04 bits per heavy atom. The molecule has 0 aliphatic heterocycles. The van der Waals surface area contributed by atoms with E-state index in [1.165, 1.54) is 0 Å². The molecule has 5 nitrogen and oxygen atoms in total. The molecule has 0 radical (unpaired) electrons. The SMILES string of the molecule is Cc1cccc(Nc2nccc(C(=O)Nc3c(C)cccc3C(C)C)n2)c1. The zero-order valence-corrected chi connectivity index (χ0v) is 16.1. The molecule has 0 bridgehead atoms. The summed E-state index contributed by atoms with van der Waals surface area (Å²) in [5.74, 6) is 0.451. The van der Waals surface area contributed by atoms with Gasteiger partial charge in [-0.1, -0.05) is 44.2 Å². The van der Waals surface area contributed by atoms with Crippen LogP contribution in [0.15, 0.2) is 54.7 Å².